The molecule has 0 aliphatic heterocycles. The molecule has 1 heterocycles. The van der Waals surface area contributed by atoms with Crippen LogP contribution >= 0.6 is 27.5 Å². The number of rotatable bonds is 2. The van der Waals surface area contributed by atoms with Gasteiger partial charge < -0.3 is 9.88 Å². The molecule has 3 nitrogen and oxygen atoms in total. The van der Waals surface area contributed by atoms with Gasteiger partial charge in [-0.05, 0) is 42.5 Å². The van der Waals surface area contributed by atoms with E-state index in [0.29, 0.717) is 10.7 Å². The minimum absolute atomic E-state index is 0.160. The molecule has 0 aliphatic carbocycles. The molecule has 3 rings (SSSR count). The molecular formula is C16H12BrClN2O. The summed E-state index contributed by atoms with van der Waals surface area (Å²) in [6, 6.07) is 14.9. The highest BCUT2D eigenvalue weighted by Crippen LogP contribution is 2.26. The minimum Gasteiger partial charge on any atom is -0.340 e. The van der Waals surface area contributed by atoms with Gasteiger partial charge in [-0.15, -0.1) is 0 Å². The van der Waals surface area contributed by atoms with Crippen molar-refractivity contribution in [3.05, 3.63) is 63.7 Å². The molecule has 1 aromatic heterocycles. The van der Waals surface area contributed by atoms with Crippen LogP contribution in [0.25, 0.3) is 10.9 Å². The second-order valence-electron chi connectivity index (χ2n) is 4.72. The van der Waals surface area contributed by atoms with Gasteiger partial charge >= 0.3 is 0 Å². The van der Waals surface area contributed by atoms with Gasteiger partial charge in [0.25, 0.3) is 5.91 Å². The number of amides is 1. The van der Waals surface area contributed by atoms with E-state index in [1.54, 1.807) is 0 Å². The normalized spacial score (nSPS) is 10.8. The fourth-order valence-corrected chi connectivity index (χ4v) is 2.76. The number of aryl methyl sites for hydroxylation is 1. The predicted molar refractivity (Wildman–Crippen MR) is 90.0 cm³/mol. The van der Waals surface area contributed by atoms with Crippen LogP contribution in [0.3, 0.4) is 0 Å². The second-order valence-corrected chi connectivity index (χ2v) is 6.05. The number of nitrogens with one attached hydrogen (secondary N) is 1. The number of fused-ring (bicyclic) bond motifs is 1. The maximum Gasteiger partial charge on any atom is 0.272 e. The molecule has 106 valence electrons. The first-order valence-corrected chi connectivity index (χ1v) is 7.54. The molecule has 0 saturated carbocycles. The second kappa shape index (κ2) is 5.54. The van der Waals surface area contributed by atoms with Crippen molar-refractivity contribution in [1.82, 2.24) is 4.57 Å². The van der Waals surface area contributed by atoms with Crippen LogP contribution in [-0.2, 0) is 7.05 Å². The number of nitrogens with zero attached hydrogens (tertiary/aromatic N) is 1. The molecular weight excluding hydrogens is 352 g/mol. The number of hydrogen-bond acceptors (Lipinski definition) is 1. The van der Waals surface area contributed by atoms with E-state index < -0.39 is 0 Å². The molecule has 2 aromatic carbocycles. The molecule has 21 heavy (non-hydrogen) atoms. The first kappa shape index (κ1) is 14.2. The Morgan fingerprint density at radius 3 is 2.57 bits per heavy atom. The number of benzene rings is 2. The minimum atomic E-state index is -0.160. The maximum atomic E-state index is 12.4. The summed E-state index contributed by atoms with van der Waals surface area (Å²) in [6.07, 6.45) is 0. The van der Waals surface area contributed by atoms with Gasteiger partial charge in [0.2, 0.25) is 0 Å². The van der Waals surface area contributed by atoms with Crippen LogP contribution in [-0.4, -0.2) is 10.5 Å². The molecule has 0 radical (unpaired) electrons. The number of aromatic nitrogens is 1. The summed E-state index contributed by atoms with van der Waals surface area (Å²) < 4.78 is 2.81. The molecule has 0 fully saturated rings. The van der Waals surface area contributed by atoms with Crippen molar-refractivity contribution in [1.29, 1.82) is 0 Å². The number of halogens is 2. The Hall–Kier alpha value is -1.78. The largest absolute Gasteiger partial charge is 0.340 e. The lowest BCUT2D eigenvalue weighted by Crippen LogP contribution is -2.15. The summed E-state index contributed by atoms with van der Waals surface area (Å²) in [5, 5.41) is 4.40. The zero-order chi connectivity index (χ0) is 15.0. The first-order valence-electron chi connectivity index (χ1n) is 6.37. The van der Waals surface area contributed by atoms with Gasteiger partial charge in [-0.2, -0.15) is 0 Å². The average molecular weight is 364 g/mol. The lowest BCUT2D eigenvalue weighted by molar-refractivity contribution is 0.102. The van der Waals surface area contributed by atoms with Gasteiger partial charge in [0, 0.05) is 33.1 Å². The zero-order valence-corrected chi connectivity index (χ0v) is 13.6. The van der Waals surface area contributed by atoms with Crippen LogP contribution in [0, 0.1) is 0 Å². The van der Waals surface area contributed by atoms with Gasteiger partial charge in [0.1, 0.15) is 5.69 Å². The van der Waals surface area contributed by atoms with Crippen molar-refractivity contribution in [2.75, 3.05) is 5.32 Å². The Morgan fingerprint density at radius 2 is 1.90 bits per heavy atom. The van der Waals surface area contributed by atoms with E-state index >= 15 is 0 Å². The van der Waals surface area contributed by atoms with E-state index in [1.165, 1.54) is 0 Å². The molecule has 0 aliphatic rings. The van der Waals surface area contributed by atoms with Crippen molar-refractivity contribution in [2.45, 2.75) is 0 Å². The van der Waals surface area contributed by atoms with E-state index in [2.05, 4.69) is 21.2 Å². The van der Waals surface area contributed by atoms with Gasteiger partial charge in [-0.1, -0.05) is 33.6 Å². The van der Waals surface area contributed by atoms with E-state index in [1.807, 2.05) is 60.1 Å². The molecule has 0 unspecified atom stereocenters. The highest BCUT2D eigenvalue weighted by Gasteiger charge is 2.14. The smallest absolute Gasteiger partial charge is 0.272 e. The third-order valence-electron chi connectivity index (χ3n) is 3.37. The average Bonchev–Trinajstić information content (AvgIpc) is 2.81. The SMILES string of the molecule is Cn1c(C(=O)Nc2ccc(Br)cc2)cc2c(Cl)cccc21. The Morgan fingerprint density at radius 1 is 1.19 bits per heavy atom. The quantitative estimate of drug-likeness (QED) is 0.694. The molecule has 5 heteroatoms. The highest BCUT2D eigenvalue weighted by atomic mass is 79.9. The fourth-order valence-electron chi connectivity index (χ4n) is 2.27. The summed E-state index contributed by atoms with van der Waals surface area (Å²) in [5.74, 6) is -0.160. The van der Waals surface area contributed by atoms with Crippen molar-refractivity contribution in [3.8, 4) is 0 Å². The summed E-state index contributed by atoms with van der Waals surface area (Å²) in [6.45, 7) is 0. The topological polar surface area (TPSA) is 34.0 Å². The predicted octanol–water partition coefficient (Wildman–Crippen LogP) is 4.85. The van der Waals surface area contributed by atoms with Crippen molar-refractivity contribution in [2.24, 2.45) is 7.05 Å². The molecule has 0 atom stereocenters. The number of hydrogen-bond donors (Lipinski definition) is 1. The lowest BCUT2D eigenvalue weighted by Gasteiger charge is -2.06. The third-order valence-corrected chi connectivity index (χ3v) is 4.23. The summed E-state index contributed by atoms with van der Waals surface area (Å²) in [7, 11) is 1.86. The third kappa shape index (κ3) is 2.69. The molecule has 1 amide bonds. The van der Waals surface area contributed by atoms with Crippen LogP contribution in [0.4, 0.5) is 5.69 Å². The Labute approximate surface area is 135 Å². The summed E-state index contributed by atoms with van der Waals surface area (Å²) in [5.41, 5.74) is 2.25. The monoisotopic (exact) mass is 362 g/mol. The van der Waals surface area contributed by atoms with Gasteiger partial charge in [0.05, 0.1) is 0 Å². The Bertz CT molecular complexity index is 824. The van der Waals surface area contributed by atoms with Crippen LogP contribution in [0.15, 0.2) is 53.0 Å². The van der Waals surface area contributed by atoms with E-state index in [9.17, 15) is 4.79 Å². The van der Waals surface area contributed by atoms with Crippen LogP contribution in [0.5, 0.6) is 0 Å². The van der Waals surface area contributed by atoms with E-state index in [0.717, 1.165) is 21.1 Å². The fraction of sp³-hybridized carbons (Fsp3) is 0.0625. The Kier molecular flexibility index (Phi) is 3.74. The van der Waals surface area contributed by atoms with Crippen LogP contribution in [0.2, 0.25) is 5.02 Å². The number of carbonyl (C=O) groups is 1. The van der Waals surface area contributed by atoms with Crippen molar-refractivity contribution in [3.63, 3.8) is 0 Å². The highest BCUT2D eigenvalue weighted by molar-refractivity contribution is 9.10. The van der Waals surface area contributed by atoms with Gasteiger partial charge in [-0.25, -0.2) is 0 Å². The van der Waals surface area contributed by atoms with E-state index in [-0.39, 0.29) is 5.91 Å². The molecule has 3 aromatic rings. The van der Waals surface area contributed by atoms with Crippen molar-refractivity contribution < 1.29 is 4.79 Å². The van der Waals surface area contributed by atoms with Crippen molar-refractivity contribution >= 4 is 50.0 Å². The molecule has 0 bridgehead atoms. The number of carbonyl (C=O) groups excluding carboxylic acids is 1. The molecule has 0 spiro atoms. The van der Waals surface area contributed by atoms with Gasteiger partial charge in [0.15, 0.2) is 0 Å². The van der Waals surface area contributed by atoms with Crippen LogP contribution < -0.4 is 5.32 Å². The summed E-state index contributed by atoms with van der Waals surface area (Å²) in [4.78, 5) is 12.4. The lowest BCUT2D eigenvalue weighted by atomic mass is 10.2. The molecule has 0 saturated heterocycles. The standard InChI is InChI=1S/C16H12BrClN2O/c1-20-14-4-2-3-13(18)12(14)9-15(20)16(21)19-11-7-5-10(17)6-8-11/h2-9H,1H3,(H,19,21). The van der Waals surface area contributed by atoms with Crippen LogP contribution in [0.1, 0.15) is 10.5 Å². The molecule has 1 N–H and O–H groups in total. The van der Waals surface area contributed by atoms with E-state index in [4.69, 9.17) is 11.6 Å². The van der Waals surface area contributed by atoms with Gasteiger partial charge in [-0.3, -0.25) is 4.79 Å². The summed E-state index contributed by atoms with van der Waals surface area (Å²) >= 11 is 9.54. The number of anilines is 1. The Balaban J connectivity index is 1.96. The maximum absolute atomic E-state index is 12.4. The first-order chi connectivity index (χ1) is 10.1. The zero-order valence-electron chi connectivity index (χ0n) is 11.2.